The quantitative estimate of drug-likeness (QED) is 0.725. The minimum atomic E-state index is 0.0494. The SMILES string of the molecule is CCn1ccnc1C1CCN(C(=O)c2ccccc2-n2cncn2)CC1. The van der Waals surface area contributed by atoms with Crippen molar-refractivity contribution in [3.63, 3.8) is 0 Å². The van der Waals surface area contributed by atoms with Crippen molar-refractivity contribution in [2.75, 3.05) is 13.1 Å². The van der Waals surface area contributed by atoms with Crippen LogP contribution in [0.1, 0.15) is 41.9 Å². The molecule has 7 heteroatoms. The Labute approximate surface area is 152 Å². The van der Waals surface area contributed by atoms with Crippen LogP contribution in [-0.4, -0.2) is 48.2 Å². The zero-order valence-corrected chi connectivity index (χ0v) is 14.8. The van der Waals surface area contributed by atoms with Gasteiger partial charge in [0.05, 0.1) is 11.3 Å². The number of rotatable bonds is 4. The molecule has 1 aliphatic heterocycles. The van der Waals surface area contributed by atoms with Crippen LogP contribution in [0.3, 0.4) is 0 Å². The molecule has 4 rings (SSSR count). The summed E-state index contributed by atoms with van der Waals surface area (Å²) in [6, 6.07) is 7.55. The van der Waals surface area contributed by atoms with Crippen LogP contribution in [0.2, 0.25) is 0 Å². The van der Waals surface area contributed by atoms with Crippen LogP contribution < -0.4 is 0 Å². The highest BCUT2D eigenvalue weighted by Crippen LogP contribution is 2.28. The van der Waals surface area contributed by atoms with Gasteiger partial charge in [-0.1, -0.05) is 12.1 Å². The highest BCUT2D eigenvalue weighted by Gasteiger charge is 2.28. The summed E-state index contributed by atoms with van der Waals surface area (Å²) in [7, 11) is 0. The molecule has 3 aromatic rings. The van der Waals surface area contributed by atoms with Crippen molar-refractivity contribution in [3.05, 3.63) is 60.7 Å². The first-order valence-corrected chi connectivity index (χ1v) is 9.02. The molecule has 1 fully saturated rings. The number of hydrogen-bond acceptors (Lipinski definition) is 4. The van der Waals surface area contributed by atoms with Crippen LogP contribution >= 0.6 is 0 Å². The third kappa shape index (κ3) is 3.00. The third-order valence-corrected chi connectivity index (χ3v) is 5.04. The lowest BCUT2D eigenvalue weighted by Crippen LogP contribution is -2.38. The number of piperidine rings is 1. The molecule has 1 saturated heterocycles. The molecule has 134 valence electrons. The first kappa shape index (κ1) is 16.5. The van der Waals surface area contributed by atoms with Gasteiger partial charge in [0.2, 0.25) is 0 Å². The van der Waals surface area contributed by atoms with Crippen molar-refractivity contribution in [2.24, 2.45) is 0 Å². The largest absolute Gasteiger partial charge is 0.339 e. The first-order valence-electron chi connectivity index (χ1n) is 9.02. The number of likely N-dealkylation sites (tertiary alicyclic amines) is 1. The van der Waals surface area contributed by atoms with Gasteiger partial charge < -0.3 is 9.47 Å². The van der Waals surface area contributed by atoms with E-state index < -0.39 is 0 Å². The number of carbonyl (C=O) groups is 1. The predicted molar refractivity (Wildman–Crippen MR) is 97.1 cm³/mol. The lowest BCUT2D eigenvalue weighted by Gasteiger charge is -2.32. The number of benzene rings is 1. The summed E-state index contributed by atoms with van der Waals surface area (Å²) in [5.41, 5.74) is 1.42. The van der Waals surface area contributed by atoms with Gasteiger partial charge in [-0.05, 0) is 31.9 Å². The summed E-state index contributed by atoms with van der Waals surface area (Å²) in [5.74, 6) is 1.61. The Morgan fingerprint density at radius 2 is 2.04 bits per heavy atom. The Bertz CT molecular complexity index is 877. The van der Waals surface area contributed by atoms with Gasteiger partial charge in [0.25, 0.3) is 5.91 Å². The minimum absolute atomic E-state index is 0.0494. The predicted octanol–water partition coefficient (Wildman–Crippen LogP) is 2.50. The molecule has 0 unspecified atom stereocenters. The van der Waals surface area contributed by atoms with Gasteiger partial charge >= 0.3 is 0 Å². The van der Waals surface area contributed by atoms with E-state index in [9.17, 15) is 4.79 Å². The zero-order chi connectivity index (χ0) is 17.9. The monoisotopic (exact) mass is 350 g/mol. The van der Waals surface area contributed by atoms with E-state index in [0.717, 1.165) is 44.0 Å². The molecule has 2 aromatic heterocycles. The van der Waals surface area contributed by atoms with Gasteiger partial charge in [-0.25, -0.2) is 14.6 Å². The van der Waals surface area contributed by atoms with E-state index in [4.69, 9.17) is 0 Å². The van der Waals surface area contributed by atoms with Gasteiger partial charge in [-0.2, -0.15) is 5.10 Å². The molecule has 3 heterocycles. The number of amides is 1. The summed E-state index contributed by atoms with van der Waals surface area (Å²) in [6.07, 6.45) is 8.86. The molecular formula is C19H22N6O. The maximum Gasteiger partial charge on any atom is 0.256 e. The van der Waals surface area contributed by atoms with Crippen LogP contribution in [0, 0.1) is 0 Å². The summed E-state index contributed by atoms with van der Waals surface area (Å²) < 4.78 is 3.83. The second kappa shape index (κ2) is 7.11. The highest BCUT2D eigenvalue weighted by atomic mass is 16.2. The molecule has 1 amide bonds. The lowest BCUT2D eigenvalue weighted by atomic mass is 9.95. The zero-order valence-electron chi connectivity index (χ0n) is 14.8. The van der Waals surface area contributed by atoms with Crippen LogP contribution in [-0.2, 0) is 6.54 Å². The molecule has 26 heavy (non-hydrogen) atoms. The Balaban J connectivity index is 1.50. The number of hydrogen-bond donors (Lipinski definition) is 0. The molecule has 0 radical (unpaired) electrons. The summed E-state index contributed by atoms with van der Waals surface area (Å²) in [4.78, 5) is 23.5. The highest BCUT2D eigenvalue weighted by molar-refractivity contribution is 5.97. The molecule has 0 atom stereocenters. The van der Waals surface area contributed by atoms with Gasteiger partial charge in [-0.15, -0.1) is 0 Å². The van der Waals surface area contributed by atoms with Crippen LogP contribution in [0.5, 0.6) is 0 Å². The van der Waals surface area contributed by atoms with Gasteiger partial charge in [0.1, 0.15) is 18.5 Å². The molecule has 1 aliphatic rings. The number of aryl methyl sites for hydroxylation is 1. The standard InChI is InChI=1S/C19H22N6O/c1-2-23-12-9-21-18(23)15-7-10-24(11-8-15)19(26)16-5-3-4-6-17(16)25-14-20-13-22-25/h3-6,9,12-15H,2,7-8,10-11H2,1H3. The van der Waals surface area contributed by atoms with Crippen molar-refractivity contribution in [1.82, 2.24) is 29.2 Å². The van der Waals surface area contributed by atoms with E-state index in [1.165, 1.54) is 6.33 Å². The van der Waals surface area contributed by atoms with Crippen LogP contribution in [0.4, 0.5) is 0 Å². The second-order valence-electron chi connectivity index (χ2n) is 6.50. The first-order chi connectivity index (χ1) is 12.8. The lowest BCUT2D eigenvalue weighted by molar-refractivity contribution is 0.0710. The molecule has 0 bridgehead atoms. The van der Waals surface area contributed by atoms with Crippen molar-refractivity contribution in [2.45, 2.75) is 32.2 Å². The molecule has 0 N–H and O–H groups in total. The van der Waals surface area contributed by atoms with Gasteiger partial charge in [0.15, 0.2) is 0 Å². The number of nitrogens with zero attached hydrogens (tertiary/aromatic N) is 6. The van der Waals surface area contributed by atoms with Crippen molar-refractivity contribution in [1.29, 1.82) is 0 Å². The molecule has 0 saturated carbocycles. The number of aromatic nitrogens is 5. The Hall–Kier alpha value is -2.96. The second-order valence-corrected chi connectivity index (χ2v) is 6.50. The Morgan fingerprint density at radius 1 is 1.23 bits per heavy atom. The third-order valence-electron chi connectivity index (χ3n) is 5.04. The van der Waals surface area contributed by atoms with E-state index in [1.54, 1.807) is 11.0 Å². The molecule has 0 spiro atoms. The molecule has 0 aliphatic carbocycles. The van der Waals surface area contributed by atoms with Gasteiger partial charge in [-0.3, -0.25) is 4.79 Å². The number of imidazole rings is 1. The fourth-order valence-corrected chi connectivity index (χ4v) is 3.65. The normalized spacial score (nSPS) is 15.3. The minimum Gasteiger partial charge on any atom is -0.339 e. The number of carbonyl (C=O) groups excluding carboxylic acids is 1. The average molecular weight is 350 g/mol. The van der Waals surface area contributed by atoms with E-state index in [1.807, 2.05) is 41.6 Å². The molecule has 1 aromatic carbocycles. The van der Waals surface area contributed by atoms with E-state index in [-0.39, 0.29) is 5.91 Å². The van der Waals surface area contributed by atoms with Crippen LogP contribution in [0.15, 0.2) is 49.3 Å². The smallest absolute Gasteiger partial charge is 0.256 e. The average Bonchev–Trinajstić information content (AvgIpc) is 3.39. The van der Waals surface area contributed by atoms with Gasteiger partial charge in [0, 0.05) is 37.9 Å². The van der Waals surface area contributed by atoms with E-state index >= 15 is 0 Å². The summed E-state index contributed by atoms with van der Waals surface area (Å²) in [5, 5.41) is 4.16. The summed E-state index contributed by atoms with van der Waals surface area (Å²) >= 11 is 0. The van der Waals surface area contributed by atoms with E-state index in [0.29, 0.717) is 11.5 Å². The number of para-hydroxylation sites is 1. The summed E-state index contributed by atoms with van der Waals surface area (Å²) in [6.45, 7) is 4.54. The van der Waals surface area contributed by atoms with E-state index in [2.05, 4.69) is 26.6 Å². The Kier molecular flexibility index (Phi) is 4.51. The maximum absolute atomic E-state index is 13.1. The fraction of sp³-hybridized carbons (Fsp3) is 0.368. The molecule has 7 nitrogen and oxygen atoms in total. The topological polar surface area (TPSA) is 68.8 Å². The maximum atomic E-state index is 13.1. The fourth-order valence-electron chi connectivity index (χ4n) is 3.65. The van der Waals surface area contributed by atoms with Crippen molar-refractivity contribution >= 4 is 5.91 Å². The molecular weight excluding hydrogens is 328 g/mol. The van der Waals surface area contributed by atoms with Crippen LogP contribution in [0.25, 0.3) is 5.69 Å². The Morgan fingerprint density at radius 3 is 2.77 bits per heavy atom. The van der Waals surface area contributed by atoms with Crippen molar-refractivity contribution in [3.8, 4) is 5.69 Å². The van der Waals surface area contributed by atoms with Crippen molar-refractivity contribution < 1.29 is 4.79 Å².